The molecule has 0 saturated carbocycles. The molecule has 1 amide bonds. The van der Waals surface area contributed by atoms with Crippen LogP contribution < -0.4 is 5.32 Å². The number of rotatable bonds is 9. The van der Waals surface area contributed by atoms with Gasteiger partial charge in [0.2, 0.25) is 0 Å². The lowest BCUT2D eigenvalue weighted by molar-refractivity contribution is 0.0915. The Morgan fingerprint density at radius 3 is 2.55 bits per heavy atom. The minimum Gasteiger partial charge on any atom is -0.394 e. The van der Waals surface area contributed by atoms with E-state index in [1.165, 1.54) is 5.56 Å². The van der Waals surface area contributed by atoms with E-state index in [1.54, 1.807) is 0 Å². The number of para-hydroxylation sites is 1. The van der Waals surface area contributed by atoms with Crippen LogP contribution in [0, 0.1) is 0 Å². The maximum Gasteiger partial charge on any atom is 0.252 e. The van der Waals surface area contributed by atoms with Gasteiger partial charge in [0.25, 0.3) is 5.91 Å². The Kier molecular flexibility index (Phi) is 7.60. The average molecular weight is 506 g/mol. The van der Waals surface area contributed by atoms with E-state index in [-0.39, 0.29) is 18.6 Å². The highest BCUT2D eigenvalue weighted by molar-refractivity contribution is 9.10. The predicted molar refractivity (Wildman–Crippen MR) is 136 cm³/mol. The fourth-order valence-electron chi connectivity index (χ4n) is 4.10. The van der Waals surface area contributed by atoms with Crippen molar-refractivity contribution < 1.29 is 9.90 Å². The van der Waals surface area contributed by atoms with Crippen LogP contribution in [0.25, 0.3) is 10.9 Å². The Hall–Kier alpha value is -2.93. The van der Waals surface area contributed by atoms with Crippen molar-refractivity contribution in [2.75, 3.05) is 13.7 Å². The van der Waals surface area contributed by atoms with Gasteiger partial charge in [0.15, 0.2) is 0 Å². The summed E-state index contributed by atoms with van der Waals surface area (Å²) >= 11 is 3.51. The first-order chi connectivity index (χ1) is 16.0. The van der Waals surface area contributed by atoms with Crippen molar-refractivity contribution in [3.63, 3.8) is 0 Å². The first kappa shape index (κ1) is 23.2. The minimum atomic E-state index is -0.381. The number of hydrogen-bond donors (Lipinski definition) is 3. The smallest absolute Gasteiger partial charge is 0.252 e. The van der Waals surface area contributed by atoms with Gasteiger partial charge in [0.1, 0.15) is 0 Å². The average Bonchev–Trinajstić information content (AvgIpc) is 3.23. The maximum atomic E-state index is 13.1. The highest BCUT2D eigenvalue weighted by atomic mass is 79.9. The fourth-order valence-corrected chi connectivity index (χ4v) is 4.52. The zero-order valence-corrected chi connectivity index (χ0v) is 20.2. The molecule has 5 nitrogen and oxygen atoms in total. The van der Waals surface area contributed by atoms with Crippen LogP contribution in [-0.2, 0) is 19.5 Å². The van der Waals surface area contributed by atoms with Gasteiger partial charge in [-0.1, -0.05) is 54.6 Å². The quantitative estimate of drug-likeness (QED) is 0.303. The maximum absolute atomic E-state index is 13.1. The summed E-state index contributed by atoms with van der Waals surface area (Å²) in [7, 11) is 2.07. The minimum absolute atomic E-state index is 0.137. The predicted octanol–water partition coefficient (Wildman–Crippen LogP) is 4.90. The van der Waals surface area contributed by atoms with Crippen molar-refractivity contribution in [2.24, 2.45) is 0 Å². The summed E-state index contributed by atoms with van der Waals surface area (Å²) in [5, 5.41) is 14.0. The zero-order valence-electron chi connectivity index (χ0n) is 18.6. The number of carbonyl (C=O) groups is 1. The highest BCUT2D eigenvalue weighted by Gasteiger charge is 2.18. The van der Waals surface area contributed by atoms with Gasteiger partial charge in [-0.2, -0.15) is 0 Å². The summed E-state index contributed by atoms with van der Waals surface area (Å²) < 4.78 is 0.734. The molecule has 1 aromatic heterocycles. The number of aromatic nitrogens is 1. The summed E-state index contributed by atoms with van der Waals surface area (Å²) in [5.74, 6) is -0.201. The summed E-state index contributed by atoms with van der Waals surface area (Å²) in [4.78, 5) is 18.5. The van der Waals surface area contributed by atoms with Gasteiger partial charge in [-0.05, 0) is 64.3 Å². The number of fused-ring (bicyclic) bond motifs is 1. The molecule has 170 valence electrons. The summed E-state index contributed by atoms with van der Waals surface area (Å²) in [6.45, 7) is 1.42. The second-order valence-corrected chi connectivity index (χ2v) is 9.24. The van der Waals surface area contributed by atoms with Gasteiger partial charge in [0.05, 0.1) is 18.2 Å². The Labute approximate surface area is 202 Å². The molecule has 0 saturated heterocycles. The third-order valence-corrected chi connectivity index (χ3v) is 6.41. The van der Waals surface area contributed by atoms with Gasteiger partial charge in [-0.25, -0.2) is 0 Å². The van der Waals surface area contributed by atoms with Crippen LogP contribution in [0.15, 0.2) is 83.5 Å². The van der Waals surface area contributed by atoms with Gasteiger partial charge in [-0.3, -0.25) is 9.69 Å². The van der Waals surface area contributed by atoms with E-state index in [0.29, 0.717) is 12.0 Å². The van der Waals surface area contributed by atoms with Crippen LogP contribution in [0.3, 0.4) is 0 Å². The van der Waals surface area contributed by atoms with E-state index < -0.39 is 0 Å². The number of nitrogens with one attached hydrogen (secondary N) is 2. The molecular weight excluding hydrogens is 478 g/mol. The second-order valence-electron chi connectivity index (χ2n) is 8.39. The molecule has 0 aliphatic heterocycles. The van der Waals surface area contributed by atoms with Crippen molar-refractivity contribution in [2.45, 2.75) is 25.6 Å². The molecule has 3 aromatic carbocycles. The molecule has 1 atom stereocenters. The fraction of sp³-hybridized carbons (Fsp3) is 0.222. The van der Waals surface area contributed by atoms with Crippen LogP contribution in [0.2, 0.25) is 0 Å². The summed E-state index contributed by atoms with van der Waals surface area (Å²) in [6, 6.07) is 23.8. The standard InChI is InChI=1S/C27H28BrN3O2/c1-31(16-19-7-3-2-4-8-19)17-20-11-12-25(28)24(13-20)27(33)30-22(18-32)14-21-15-29-26-10-6-5-9-23(21)26/h2-13,15,22,29,32H,14,16-18H2,1H3,(H,30,33)/t22-/m1/s1. The van der Waals surface area contributed by atoms with Crippen LogP contribution >= 0.6 is 15.9 Å². The second kappa shape index (κ2) is 10.8. The third-order valence-electron chi connectivity index (χ3n) is 5.72. The Morgan fingerprint density at radius 2 is 1.76 bits per heavy atom. The number of aliphatic hydroxyl groups is 1. The molecule has 0 spiro atoms. The Balaban J connectivity index is 1.43. The van der Waals surface area contributed by atoms with Crippen LogP contribution in [0.5, 0.6) is 0 Å². The number of aliphatic hydroxyl groups excluding tert-OH is 1. The molecule has 4 rings (SSSR count). The van der Waals surface area contributed by atoms with E-state index >= 15 is 0 Å². The van der Waals surface area contributed by atoms with E-state index in [1.807, 2.05) is 66.9 Å². The molecule has 0 bridgehead atoms. The van der Waals surface area contributed by atoms with E-state index in [0.717, 1.165) is 39.6 Å². The van der Waals surface area contributed by atoms with Crippen molar-refractivity contribution in [1.82, 2.24) is 15.2 Å². The first-order valence-corrected chi connectivity index (χ1v) is 11.8. The first-order valence-electron chi connectivity index (χ1n) is 11.0. The molecule has 0 aliphatic rings. The number of halogens is 1. The normalized spacial score (nSPS) is 12.2. The molecule has 0 unspecified atom stereocenters. The molecule has 6 heteroatoms. The highest BCUT2D eigenvalue weighted by Crippen LogP contribution is 2.22. The molecule has 4 aromatic rings. The number of carbonyl (C=O) groups excluding carboxylic acids is 1. The van der Waals surface area contributed by atoms with Crippen LogP contribution in [0.1, 0.15) is 27.0 Å². The topological polar surface area (TPSA) is 68.4 Å². The van der Waals surface area contributed by atoms with Crippen molar-refractivity contribution in [3.8, 4) is 0 Å². The molecule has 3 N–H and O–H groups in total. The molecule has 1 heterocycles. The van der Waals surface area contributed by atoms with Gasteiger partial charge < -0.3 is 15.4 Å². The number of H-pyrrole nitrogens is 1. The SMILES string of the molecule is CN(Cc1ccccc1)Cc1ccc(Br)c(C(=O)N[C@@H](CO)Cc2c[nH]c3ccccc23)c1. The number of benzene rings is 3. The summed E-state index contributed by atoms with van der Waals surface area (Å²) in [5.41, 5.74) is 4.99. The van der Waals surface area contributed by atoms with Crippen LogP contribution in [-0.4, -0.2) is 40.6 Å². The van der Waals surface area contributed by atoms with Gasteiger partial charge in [0, 0.05) is 34.7 Å². The monoisotopic (exact) mass is 505 g/mol. The lowest BCUT2D eigenvalue weighted by atomic mass is 10.0. The number of nitrogens with zero attached hydrogens (tertiary/aromatic N) is 1. The molecule has 0 radical (unpaired) electrons. The van der Waals surface area contributed by atoms with E-state index in [4.69, 9.17) is 0 Å². The molecule has 0 aliphatic carbocycles. The lowest BCUT2D eigenvalue weighted by Crippen LogP contribution is -2.39. The van der Waals surface area contributed by atoms with Crippen molar-refractivity contribution in [1.29, 1.82) is 0 Å². The largest absolute Gasteiger partial charge is 0.394 e. The Morgan fingerprint density at radius 1 is 1.03 bits per heavy atom. The Bertz CT molecular complexity index is 1220. The zero-order chi connectivity index (χ0) is 23.2. The number of aromatic amines is 1. The summed E-state index contributed by atoms with van der Waals surface area (Å²) in [6.07, 6.45) is 2.49. The van der Waals surface area contributed by atoms with Crippen LogP contribution in [0.4, 0.5) is 0 Å². The number of amides is 1. The number of hydrogen-bond acceptors (Lipinski definition) is 3. The lowest BCUT2D eigenvalue weighted by Gasteiger charge is -2.19. The van der Waals surface area contributed by atoms with E-state index in [2.05, 4.69) is 50.3 Å². The van der Waals surface area contributed by atoms with Gasteiger partial charge >= 0.3 is 0 Å². The molecule has 0 fully saturated rings. The van der Waals surface area contributed by atoms with Crippen molar-refractivity contribution in [3.05, 3.63) is 106 Å². The van der Waals surface area contributed by atoms with Gasteiger partial charge in [-0.15, -0.1) is 0 Å². The van der Waals surface area contributed by atoms with Crippen molar-refractivity contribution >= 4 is 32.7 Å². The third kappa shape index (κ3) is 5.90. The van der Waals surface area contributed by atoms with E-state index in [9.17, 15) is 9.90 Å². The molecular formula is C27H28BrN3O2. The molecule has 33 heavy (non-hydrogen) atoms.